The first-order valence-corrected chi connectivity index (χ1v) is 4.95. The average molecular weight is 194 g/mol. The van der Waals surface area contributed by atoms with Gasteiger partial charge in [0.15, 0.2) is 5.75 Å². The lowest BCUT2D eigenvalue weighted by Crippen LogP contribution is -1.92. The van der Waals surface area contributed by atoms with E-state index in [0.29, 0.717) is 10.5 Å². The molecule has 0 unspecified atom stereocenters. The lowest BCUT2D eigenvalue weighted by atomic mass is 10.1. The van der Waals surface area contributed by atoms with E-state index in [4.69, 9.17) is 9.16 Å². The van der Waals surface area contributed by atoms with E-state index in [0.717, 1.165) is 17.9 Å². The van der Waals surface area contributed by atoms with Crippen molar-refractivity contribution in [2.24, 2.45) is 0 Å². The molecule has 1 aromatic rings. The first-order valence-electron chi connectivity index (χ1n) is 4.13. The van der Waals surface area contributed by atoms with E-state index < -0.39 is 0 Å². The monoisotopic (exact) mass is 194 g/mol. The third-order valence-electron chi connectivity index (χ3n) is 1.83. The summed E-state index contributed by atoms with van der Waals surface area (Å²) in [4.78, 5) is 0. The molecule has 0 aliphatic carbocycles. The van der Waals surface area contributed by atoms with E-state index in [-0.39, 0.29) is 0 Å². The van der Waals surface area contributed by atoms with Crippen molar-refractivity contribution in [3.63, 3.8) is 0 Å². The van der Waals surface area contributed by atoms with Crippen LogP contribution in [-0.4, -0.2) is 17.6 Å². The van der Waals surface area contributed by atoms with Crippen molar-refractivity contribution in [1.82, 2.24) is 0 Å². The summed E-state index contributed by atoms with van der Waals surface area (Å²) in [6.45, 7) is 3.69. The van der Waals surface area contributed by atoms with Gasteiger partial charge in [-0.15, -0.1) is 6.58 Å². The summed E-state index contributed by atoms with van der Waals surface area (Å²) in [5, 5.41) is 0. The summed E-state index contributed by atoms with van der Waals surface area (Å²) in [6.07, 6.45) is 2.73. The molecule has 0 spiro atoms. The van der Waals surface area contributed by atoms with Crippen LogP contribution in [0.2, 0.25) is 0 Å². The molecule has 0 aliphatic rings. The van der Waals surface area contributed by atoms with E-state index in [2.05, 4.69) is 6.58 Å². The molecule has 0 aromatic heterocycles. The highest BCUT2D eigenvalue weighted by atomic mass is 28.2. The molecule has 3 heteroatoms. The minimum Gasteiger partial charge on any atom is -0.551 e. The SMILES string of the molecule is C=CCc1ccc(O[SiH3])c(OC)c1. The van der Waals surface area contributed by atoms with Crippen molar-refractivity contribution >= 4 is 10.5 Å². The lowest BCUT2D eigenvalue weighted by Gasteiger charge is -2.08. The topological polar surface area (TPSA) is 18.5 Å². The summed E-state index contributed by atoms with van der Waals surface area (Å²) in [7, 11) is 2.33. The summed E-state index contributed by atoms with van der Waals surface area (Å²) in [6, 6.07) is 5.94. The van der Waals surface area contributed by atoms with Crippen molar-refractivity contribution < 1.29 is 9.16 Å². The van der Waals surface area contributed by atoms with Crippen LogP contribution in [0.5, 0.6) is 11.5 Å². The second-order valence-electron chi connectivity index (χ2n) is 2.68. The van der Waals surface area contributed by atoms with Crippen molar-refractivity contribution in [1.29, 1.82) is 0 Å². The Kier molecular flexibility index (Phi) is 3.58. The van der Waals surface area contributed by atoms with Crippen molar-refractivity contribution in [2.45, 2.75) is 6.42 Å². The summed E-state index contributed by atoms with van der Waals surface area (Å²) in [5.74, 6) is 1.62. The third kappa shape index (κ3) is 2.35. The molecule has 0 radical (unpaired) electrons. The number of hydrogen-bond acceptors (Lipinski definition) is 2. The van der Waals surface area contributed by atoms with Crippen LogP contribution in [0, 0.1) is 0 Å². The molecule has 13 heavy (non-hydrogen) atoms. The van der Waals surface area contributed by atoms with Gasteiger partial charge >= 0.3 is 0 Å². The van der Waals surface area contributed by atoms with Crippen molar-refractivity contribution in [3.05, 3.63) is 36.4 Å². The zero-order valence-corrected chi connectivity index (χ0v) is 10.0. The molecule has 0 saturated heterocycles. The zero-order valence-electron chi connectivity index (χ0n) is 8.04. The molecule has 0 aliphatic heterocycles. The molecular formula is C10H14O2Si. The second kappa shape index (κ2) is 4.72. The van der Waals surface area contributed by atoms with Gasteiger partial charge in [-0.25, -0.2) is 0 Å². The molecule has 0 amide bonds. The van der Waals surface area contributed by atoms with Gasteiger partial charge in [-0.1, -0.05) is 12.1 Å². The van der Waals surface area contributed by atoms with Crippen LogP contribution < -0.4 is 9.16 Å². The van der Waals surface area contributed by atoms with Gasteiger partial charge in [0.05, 0.1) is 7.11 Å². The second-order valence-corrected chi connectivity index (χ2v) is 3.09. The summed E-state index contributed by atoms with van der Waals surface area (Å²) < 4.78 is 10.4. The molecule has 0 bridgehead atoms. The minimum absolute atomic E-state index is 0.680. The number of ether oxygens (including phenoxy) is 1. The molecule has 0 atom stereocenters. The fourth-order valence-electron chi connectivity index (χ4n) is 1.17. The Bertz CT molecular complexity index is 297. The van der Waals surface area contributed by atoms with Crippen molar-refractivity contribution in [3.8, 4) is 11.5 Å². The maximum Gasteiger partial charge on any atom is 0.204 e. The van der Waals surface area contributed by atoms with E-state index in [1.165, 1.54) is 5.56 Å². The highest BCUT2D eigenvalue weighted by Crippen LogP contribution is 2.27. The molecule has 1 aromatic carbocycles. The number of allylic oxidation sites excluding steroid dienone is 1. The van der Waals surface area contributed by atoms with Gasteiger partial charge in [0.2, 0.25) is 10.5 Å². The van der Waals surface area contributed by atoms with Crippen LogP contribution in [-0.2, 0) is 6.42 Å². The van der Waals surface area contributed by atoms with Crippen LogP contribution in [0.3, 0.4) is 0 Å². The van der Waals surface area contributed by atoms with Gasteiger partial charge in [0.1, 0.15) is 5.75 Å². The normalized spacial score (nSPS) is 9.62. The quantitative estimate of drug-likeness (QED) is 0.527. The summed E-state index contributed by atoms with van der Waals surface area (Å²) >= 11 is 0. The van der Waals surface area contributed by atoms with E-state index in [9.17, 15) is 0 Å². The van der Waals surface area contributed by atoms with E-state index >= 15 is 0 Å². The number of benzene rings is 1. The largest absolute Gasteiger partial charge is 0.551 e. The Morgan fingerprint density at radius 2 is 2.23 bits per heavy atom. The minimum atomic E-state index is 0.680. The first-order chi connectivity index (χ1) is 6.31. The van der Waals surface area contributed by atoms with E-state index in [1.807, 2.05) is 24.3 Å². The van der Waals surface area contributed by atoms with Gasteiger partial charge < -0.3 is 9.16 Å². The van der Waals surface area contributed by atoms with Gasteiger partial charge in [0, 0.05) is 0 Å². The maximum atomic E-state index is 5.26. The lowest BCUT2D eigenvalue weighted by molar-refractivity contribution is 0.397. The highest BCUT2D eigenvalue weighted by Gasteiger charge is 2.02. The molecular weight excluding hydrogens is 180 g/mol. The smallest absolute Gasteiger partial charge is 0.204 e. The zero-order chi connectivity index (χ0) is 9.68. The summed E-state index contributed by atoms with van der Waals surface area (Å²) in [5.41, 5.74) is 1.19. The average Bonchev–Trinajstić information content (AvgIpc) is 2.18. The first kappa shape index (κ1) is 9.86. The number of hydrogen-bond donors (Lipinski definition) is 0. The molecule has 70 valence electrons. The Balaban J connectivity index is 2.98. The third-order valence-corrected chi connectivity index (χ3v) is 2.27. The Morgan fingerprint density at radius 3 is 2.77 bits per heavy atom. The number of methoxy groups -OCH3 is 1. The fraction of sp³-hybridized carbons (Fsp3) is 0.200. The van der Waals surface area contributed by atoms with Crippen LogP contribution >= 0.6 is 0 Å². The molecule has 0 fully saturated rings. The predicted molar refractivity (Wildman–Crippen MR) is 57.5 cm³/mol. The molecule has 1 rings (SSSR count). The Hall–Kier alpha value is -1.22. The molecule has 0 heterocycles. The van der Waals surface area contributed by atoms with E-state index in [1.54, 1.807) is 7.11 Å². The molecule has 0 saturated carbocycles. The van der Waals surface area contributed by atoms with Crippen LogP contribution in [0.1, 0.15) is 5.56 Å². The van der Waals surface area contributed by atoms with Crippen LogP contribution in [0.25, 0.3) is 0 Å². The van der Waals surface area contributed by atoms with Gasteiger partial charge in [-0.2, -0.15) is 0 Å². The van der Waals surface area contributed by atoms with Gasteiger partial charge in [0.25, 0.3) is 0 Å². The van der Waals surface area contributed by atoms with Crippen LogP contribution in [0.15, 0.2) is 30.9 Å². The predicted octanol–water partition coefficient (Wildman–Crippen LogP) is 1.08. The van der Waals surface area contributed by atoms with Gasteiger partial charge in [-0.3, -0.25) is 0 Å². The Labute approximate surface area is 81.7 Å². The molecule has 0 N–H and O–H groups in total. The molecule has 2 nitrogen and oxygen atoms in total. The number of rotatable bonds is 4. The van der Waals surface area contributed by atoms with Gasteiger partial charge in [-0.05, 0) is 24.1 Å². The standard InChI is InChI=1S/C10H14O2Si/c1-3-4-8-5-6-9(12-13)10(7-8)11-2/h3,5-7H,1,4H2,2,13H3. The highest BCUT2D eigenvalue weighted by molar-refractivity contribution is 6.00. The Morgan fingerprint density at radius 1 is 1.46 bits per heavy atom. The van der Waals surface area contributed by atoms with Crippen LogP contribution in [0.4, 0.5) is 0 Å². The fourth-order valence-corrected chi connectivity index (χ4v) is 1.51. The van der Waals surface area contributed by atoms with Crippen molar-refractivity contribution in [2.75, 3.05) is 7.11 Å². The maximum absolute atomic E-state index is 5.26.